The van der Waals surface area contributed by atoms with Crippen molar-refractivity contribution in [2.24, 2.45) is 29.4 Å². The third-order valence-electron chi connectivity index (χ3n) is 25.6. The van der Waals surface area contributed by atoms with Gasteiger partial charge in [-0.05, 0) is 239 Å². The van der Waals surface area contributed by atoms with Crippen molar-refractivity contribution in [3.63, 3.8) is 0 Å². The summed E-state index contributed by atoms with van der Waals surface area (Å²) in [4.78, 5) is 161. The third-order valence-corrected chi connectivity index (χ3v) is 27.0. The van der Waals surface area contributed by atoms with E-state index in [0.29, 0.717) is 145 Å². The van der Waals surface area contributed by atoms with Crippen LogP contribution in [0, 0.1) is 167 Å². The summed E-state index contributed by atoms with van der Waals surface area (Å²) < 4.78 is 18.0. The van der Waals surface area contributed by atoms with Gasteiger partial charge in [0.15, 0.2) is 51.0 Å². The number of nitrogens with one attached hydrogen (secondary N) is 3. The molecule has 0 bridgehead atoms. The van der Waals surface area contributed by atoms with E-state index in [1.165, 1.54) is 33.9 Å². The van der Waals surface area contributed by atoms with Crippen molar-refractivity contribution in [3.8, 4) is 57.8 Å². The van der Waals surface area contributed by atoms with E-state index >= 15 is 0 Å². The number of methoxy groups -OCH3 is 2. The smallest absolute Gasteiger partial charge is 0.318 e. The summed E-state index contributed by atoms with van der Waals surface area (Å²) in [5.41, 5.74) is 19.4. The minimum atomic E-state index is -0.652. The van der Waals surface area contributed by atoms with Gasteiger partial charge in [0, 0.05) is 191 Å². The Hall–Kier alpha value is -9.28. The van der Waals surface area contributed by atoms with E-state index in [1.54, 1.807) is 97.6 Å². The molecular weight excluding hydrogens is 2690 g/mol. The quantitative estimate of drug-likeness (QED) is 0.0171. The first kappa shape index (κ1) is 114. The number of aryl methyl sites for hydroxylation is 4. The molecule has 22 rings (SSSR count). The van der Waals surface area contributed by atoms with Gasteiger partial charge in [-0.25, -0.2) is 84.7 Å². The van der Waals surface area contributed by atoms with Crippen LogP contribution in [0.4, 0.5) is 5.82 Å². The van der Waals surface area contributed by atoms with Gasteiger partial charge in [-0.3, -0.25) is 47.0 Å². The van der Waals surface area contributed by atoms with Gasteiger partial charge in [0.2, 0.25) is 5.28 Å². The fourth-order valence-electron chi connectivity index (χ4n) is 16.7. The van der Waals surface area contributed by atoms with Gasteiger partial charge in [0.05, 0.1) is 129 Å². The SMILES string of the molecule is CI.COc1cc(C#N)ccc1CN.COc1cc(C#N)ccc1CNc1nc2cnc(-c3c(C)ncnc3C3CC3)nc2n([C@@H](C)C2CC2)c1=O.C[C@@H](C1CC1)n1c(=O)c(=O)[nH]c2cnc(Cl)nc21.Cc1ncnc(C2CC2)c1-c1ncc2[nH]c(=O)c(=O)n([C@@H](C)C3CC3)c2n1.Cc1ncnc(C2CC2)c1-c1ncc2nc(Cl)c(=O)n([C@@H](C)C3CC3)c2n1.Cc1ncnc(C2CC2)c1Br.[B].[B].[B].[U].[U].[U]. The molecule has 0 saturated heterocycles. The van der Waals surface area contributed by atoms with Crippen LogP contribution in [-0.4, -0.2) is 162 Å². The van der Waals surface area contributed by atoms with Crippen LogP contribution in [0.2, 0.25) is 10.4 Å². The molecule has 8 fully saturated rings. The standard InChI is InChI=1S/C28H28N8O2.C19H19ClN6O.C19H20N6O2.C11H11ClN4O2.C9H10N2O.C8H9BrN2.CH3I.3B.3U/c1-15-23(24(19-8-9-19)33-14-32-15)25-31-13-21-27(35-25)36(16(2)18-6-7-18)28(37)26(34-21)30-12-20-5-4-17(11-29)10-22(20)38-3;1-9-14(15(12-5-6-12)23-8-22-9)17-21-7-13-18(25-17)26(10(2)11-3-4-11)19(27)16(20)24-13;1-9-14(15(12-5-6-12)22-8-21-9)16-20-7-13-17(24-16)25(10(2)11-3-4-11)19(27)18(26)23-13;1-5(6-2-3-6)16-8-7(4-13-11(12)15-8)14-9(17)10(16)18;1-12-9-4-7(5-10)2-3-8(9)6-11;1-5-7(9)8(6-2-3-6)11-4-10-5;1-2;;;;;;/h4-5,10,13-14,16,18-19H,6-9,12H2,1-3H3,(H,30,34);7-8,10-12H,3-6H2,1-2H3;7-8,10-12H,3-6H2,1-2H3,(H,23,26);4-6H,2-3H2,1H3,(H,14,17);2-4H,6,11H2,1H3;4,6H,2-3H2,1H3;1H3;;;;;;/t16-;2*10-;5-;;;;;;;;;/m0000........./s1. The molecule has 14 aromatic rings. The second-order valence-corrected chi connectivity index (χ2v) is 36.6. The Morgan fingerprint density at radius 1 is 0.447 bits per heavy atom. The van der Waals surface area contributed by atoms with Gasteiger partial charge in [-0.2, -0.15) is 15.5 Å². The van der Waals surface area contributed by atoms with Crippen LogP contribution in [-0.2, 0) is 13.1 Å². The van der Waals surface area contributed by atoms with E-state index in [1.807, 2.05) is 65.5 Å². The zero-order chi connectivity index (χ0) is 95.5. The van der Waals surface area contributed by atoms with E-state index in [0.717, 1.165) is 162 Å². The number of hydrogen-bond acceptors (Lipinski definition) is 30. The molecule has 46 heteroatoms. The molecule has 2 aromatic carbocycles. The number of nitrogens with zero attached hydrogens (tertiary/aromatic N) is 24. The van der Waals surface area contributed by atoms with Crippen molar-refractivity contribution >= 4 is 137 Å². The predicted octanol–water partition coefficient (Wildman–Crippen LogP) is 14.3. The summed E-state index contributed by atoms with van der Waals surface area (Å²) in [6, 6.07) is 14.5. The van der Waals surface area contributed by atoms with Crippen LogP contribution in [0.1, 0.15) is 246 Å². The number of rotatable bonds is 21. The zero-order valence-corrected chi connectivity index (χ0v) is 97.3. The van der Waals surface area contributed by atoms with Gasteiger partial charge in [0.1, 0.15) is 58.9 Å². The van der Waals surface area contributed by atoms with Crippen molar-refractivity contribution in [3.05, 3.63) is 231 Å². The van der Waals surface area contributed by atoms with Crippen LogP contribution in [0.5, 0.6) is 11.5 Å². The summed E-state index contributed by atoms with van der Waals surface area (Å²) in [7, 11) is 3.12. The number of aromatic amines is 2. The van der Waals surface area contributed by atoms with E-state index < -0.39 is 22.2 Å². The van der Waals surface area contributed by atoms with E-state index in [2.05, 4.69) is 142 Å². The van der Waals surface area contributed by atoms with Crippen LogP contribution < -0.4 is 53.9 Å². The zero-order valence-electron chi connectivity index (χ0n) is 79.6. The van der Waals surface area contributed by atoms with Crippen molar-refractivity contribution < 1.29 is 103 Å². The Bertz CT molecular complexity index is 7420. The van der Waals surface area contributed by atoms with Crippen LogP contribution in [0.25, 0.3) is 78.8 Å². The van der Waals surface area contributed by atoms with E-state index in [-0.39, 0.29) is 170 Å². The fraction of sp³-hybridized carbons (Fsp3) is 0.432. The summed E-state index contributed by atoms with van der Waals surface area (Å²) in [6.07, 6.45) is 30.6. The molecule has 0 spiro atoms. The Labute approximate surface area is 921 Å². The first-order valence-electron chi connectivity index (χ1n) is 45.1. The number of anilines is 1. The Balaban J connectivity index is 0.000000180. The minimum Gasteiger partial charge on any atom is -0.496 e. The average Bonchev–Trinajstić information content (AvgIpc) is 1.74. The normalized spacial score (nSPS) is 15.4. The first-order valence-corrected chi connectivity index (χ1v) is 48.8. The molecule has 4 atom stereocenters. The first-order chi connectivity index (χ1) is 65.2. The van der Waals surface area contributed by atoms with Crippen molar-refractivity contribution in [1.82, 2.24) is 118 Å². The maximum Gasteiger partial charge on any atom is 0.318 e. The van der Waals surface area contributed by atoms with Gasteiger partial charge >= 0.3 is 22.2 Å². The number of alkyl halides is 1. The van der Waals surface area contributed by atoms with E-state index in [9.17, 15) is 34.0 Å². The Morgan fingerprint density at radius 3 is 1.18 bits per heavy atom. The number of halogens is 4. The maximum absolute atomic E-state index is 13.8. The van der Waals surface area contributed by atoms with Crippen molar-refractivity contribution in [2.75, 3.05) is 24.5 Å². The molecule has 0 unspecified atom stereocenters. The number of aromatic nitrogens is 24. The molecule has 12 aromatic heterocycles. The largest absolute Gasteiger partial charge is 0.496 e. The monoisotopic (exact) mass is 2780 g/mol. The number of H-pyrrole nitrogens is 2. The second-order valence-electron chi connectivity index (χ2n) is 35.1. The third kappa shape index (κ3) is 26.2. The Kier molecular flexibility index (Phi) is 40.3. The topological polar surface area (TPSA) is 490 Å². The number of hydrogen-bond donors (Lipinski definition) is 4. The predicted molar refractivity (Wildman–Crippen MR) is 539 cm³/mol. The molecule has 36 nitrogen and oxygen atoms in total. The van der Waals surface area contributed by atoms with Crippen molar-refractivity contribution in [1.29, 1.82) is 10.5 Å². The second kappa shape index (κ2) is 50.0. The van der Waals surface area contributed by atoms with Gasteiger partial charge in [0.25, 0.3) is 11.1 Å². The molecule has 5 N–H and O–H groups in total. The fourth-order valence-corrected chi connectivity index (χ4v) is 17.5. The molecular formula is C95H100B3BrCl2IN28O8U3. The molecule has 8 aliphatic rings. The minimum absolute atomic E-state index is 0. The van der Waals surface area contributed by atoms with Crippen LogP contribution >= 0.6 is 61.7 Å². The number of nitriles is 2. The molecule has 141 heavy (non-hydrogen) atoms. The summed E-state index contributed by atoms with van der Waals surface area (Å²) in [5.74, 6) is 6.77. The summed E-state index contributed by atoms with van der Waals surface area (Å²) >= 11 is 17.5. The number of fused-ring (bicyclic) bond motifs is 4. The molecule has 717 valence electrons. The molecule has 8 aliphatic carbocycles. The molecule has 8 saturated carbocycles. The van der Waals surface area contributed by atoms with Crippen LogP contribution in [0.3, 0.4) is 0 Å². The van der Waals surface area contributed by atoms with Gasteiger partial charge < -0.3 is 30.5 Å². The van der Waals surface area contributed by atoms with Gasteiger partial charge in [-0.1, -0.05) is 46.3 Å². The van der Waals surface area contributed by atoms with Crippen LogP contribution in [0.15, 0.2) is 120 Å². The summed E-state index contributed by atoms with van der Waals surface area (Å²) in [6.45, 7) is 16.6. The van der Waals surface area contributed by atoms with E-state index in [4.69, 9.17) is 58.6 Å². The van der Waals surface area contributed by atoms with Crippen molar-refractivity contribution in [2.45, 2.75) is 219 Å². The molecule has 0 amide bonds. The molecule has 0 aliphatic heterocycles. The van der Waals surface area contributed by atoms with Gasteiger partial charge in [-0.15, -0.1) is 0 Å². The maximum atomic E-state index is 13.8. The number of benzene rings is 2. The Morgan fingerprint density at radius 2 is 0.787 bits per heavy atom. The number of nitrogens with two attached hydrogens (primary N) is 1. The molecule has 12 heterocycles. The number of ether oxygens (including phenoxy) is 2. The molecule has 9 radical (unpaired) electrons. The summed E-state index contributed by atoms with van der Waals surface area (Å²) in [5, 5.41) is 21.0. The average molecular weight is 2790 g/mol.